The number of carbonyl (C=O) groups is 2. The Balaban J connectivity index is 1.38. The van der Waals surface area contributed by atoms with Gasteiger partial charge in [-0.15, -0.1) is 0 Å². The van der Waals surface area contributed by atoms with Crippen molar-refractivity contribution in [3.8, 4) is 11.1 Å². The number of hydrogen-bond acceptors (Lipinski definition) is 4. The van der Waals surface area contributed by atoms with E-state index in [0.29, 0.717) is 5.56 Å². The minimum atomic E-state index is -1.50. The first-order valence-corrected chi connectivity index (χ1v) is 10.9. The number of carboxylic acids is 1. The normalized spacial score (nSPS) is 14.3. The van der Waals surface area contributed by atoms with Crippen molar-refractivity contribution in [2.45, 2.75) is 12.0 Å². The molecule has 33 heavy (non-hydrogen) atoms. The van der Waals surface area contributed by atoms with Crippen LogP contribution < -0.4 is 5.73 Å². The van der Waals surface area contributed by atoms with Crippen LogP contribution in [0.15, 0.2) is 91.0 Å². The van der Waals surface area contributed by atoms with Gasteiger partial charge in [0.1, 0.15) is 6.61 Å². The second-order valence-electron chi connectivity index (χ2n) is 8.31. The zero-order valence-corrected chi connectivity index (χ0v) is 17.8. The van der Waals surface area contributed by atoms with E-state index in [1.807, 2.05) is 84.9 Å². The molecule has 0 heterocycles. The Morgan fingerprint density at radius 2 is 1.39 bits per heavy atom. The topological polar surface area (TPSA) is 89.6 Å². The van der Waals surface area contributed by atoms with Gasteiger partial charge in [0.15, 0.2) is 5.92 Å². The summed E-state index contributed by atoms with van der Waals surface area (Å²) in [5.41, 5.74) is 11.2. The minimum absolute atomic E-state index is 0.0566. The zero-order valence-electron chi connectivity index (χ0n) is 17.8. The van der Waals surface area contributed by atoms with Gasteiger partial charge in [-0.25, -0.2) is 0 Å². The highest BCUT2D eigenvalue weighted by molar-refractivity contribution is 5.95. The number of ether oxygens (including phenoxy) is 1. The van der Waals surface area contributed by atoms with Gasteiger partial charge in [0.2, 0.25) is 0 Å². The molecule has 0 fully saturated rings. The Hall–Kier alpha value is -3.96. The van der Waals surface area contributed by atoms with Crippen LogP contribution in [0.4, 0.5) is 0 Å². The van der Waals surface area contributed by atoms with E-state index < -0.39 is 23.9 Å². The number of benzene rings is 4. The summed E-state index contributed by atoms with van der Waals surface area (Å²) in [6.07, 6.45) is 0. The minimum Gasteiger partial charge on any atom is -0.481 e. The molecule has 2 atom stereocenters. The fraction of sp³-hybridized carbons (Fsp3) is 0.143. The van der Waals surface area contributed by atoms with E-state index in [0.717, 1.165) is 33.0 Å². The van der Waals surface area contributed by atoms with E-state index in [2.05, 4.69) is 0 Å². The van der Waals surface area contributed by atoms with Crippen LogP contribution in [-0.4, -0.2) is 23.7 Å². The molecule has 3 N–H and O–H groups in total. The molecular weight excluding hydrogens is 414 g/mol. The number of carbonyl (C=O) groups excluding carboxylic acids is 1. The molecule has 4 aromatic rings. The van der Waals surface area contributed by atoms with Crippen LogP contribution in [0.3, 0.4) is 0 Å². The van der Waals surface area contributed by atoms with Gasteiger partial charge in [-0.05, 0) is 44.7 Å². The lowest BCUT2D eigenvalue weighted by atomic mass is 9.92. The second kappa shape index (κ2) is 8.52. The molecule has 0 amide bonds. The fourth-order valence-corrected chi connectivity index (χ4v) is 4.70. The number of esters is 1. The number of rotatable bonds is 6. The smallest absolute Gasteiger partial charge is 0.322 e. The monoisotopic (exact) mass is 437 g/mol. The van der Waals surface area contributed by atoms with Crippen LogP contribution in [0.25, 0.3) is 21.9 Å². The molecule has 1 unspecified atom stereocenters. The van der Waals surface area contributed by atoms with Crippen LogP contribution in [0.2, 0.25) is 0 Å². The highest BCUT2D eigenvalue weighted by Crippen LogP contribution is 2.44. The Morgan fingerprint density at radius 1 is 0.818 bits per heavy atom. The van der Waals surface area contributed by atoms with Gasteiger partial charge in [-0.2, -0.15) is 0 Å². The van der Waals surface area contributed by atoms with Crippen molar-refractivity contribution in [1.29, 1.82) is 0 Å². The summed E-state index contributed by atoms with van der Waals surface area (Å²) >= 11 is 0. The van der Waals surface area contributed by atoms with Gasteiger partial charge < -0.3 is 15.6 Å². The number of aliphatic carboxylic acids is 1. The Kier molecular flexibility index (Phi) is 5.40. The first kappa shape index (κ1) is 20.9. The Labute approximate surface area is 191 Å². The summed E-state index contributed by atoms with van der Waals surface area (Å²) in [6.45, 7) is 0.0566. The number of hydrogen-bond donors (Lipinski definition) is 2. The van der Waals surface area contributed by atoms with Gasteiger partial charge in [0.25, 0.3) is 0 Å². The molecule has 0 saturated heterocycles. The molecule has 0 radical (unpaired) electrons. The summed E-state index contributed by atoms with van der Waals surface area (Å²) in [6, 6.07) is 28.2. The molecule has 0 aromatic heterocycles. The van der Waals surface area contributed by atoms with Crippen LogP contribution in [-0.2, 0) is 14.3 Å². The van der Waals surface area contributed by atoms with E-state index in [1.54, 1.807) is 6.07 Å². The molecule has 1 aliphatic carbocycles. The van der Waals surface area contributed by atoms with Crippen LogP contribution in [0.5, 0.6) is 0 Å². The average Bonchev–Trinajstić information content (AvgIpc) is 3.16. The van der Waals surface area contributed by atoms with Crippen molar-refractivity contribution >= 4 is 22.7 Å². The van der Waals surface area contributed by atoms with Gasteiger partial charge in [-0.1, -0.05) is 84.9 Å². The zero-order chi connectivity index (χ0) is 22.9. The van der Waals surface area contributed by atoms with E-state index in [9.17, 15) is 14.7 Å². The third-order valence-corrected chi connectivity index (χ3v) is 6.39. The number of carboxylic acid groups (broad SMARTS) is 1. The summed E-state index contributed by atoms with van der Waals surface area (Å²) in [5.74, 6) is -3.77. The largest absolute Gasteiger partial charge is 0.481 e. The van der Waals surface area contributed by atoms with Crippen molar-refractivity contribution in [3.05, 3.63) is 108 Å². The summed E-state index contributed by atoms with van der Waals surface area (Å²) < 4.78 is 5.59. The molecule has 5 heteroatoms. The quantitative estimate of drug-likeness (QED) is 0.331. The maximum atomic E-state index is 13.0. The lowest BCUT2D eigenvalue weighted by molar-refractivity contribution is -0.160. The third kappa shape index (κ3) is 3.77. The van der Waals surface area contributed by atoms with Gasteiger partial charge in [-0.3, -0.25) is 9.59 Å². The Bertz CT molecular complexity index is 1320. The van der Waals surface area contributed by atoms with Crippen molar-refractivity contribution < 1.29 is 19.4 Å². The van der Waals surface area contributed by atoms with Crippen molar-refractivity contribution in [2.24, 2.45) is 11.7 Å². The van der Waals surface area contributed by atoms with Gasteiger partial charge >= 0.3 is 11.9 Å². The molecule has 0 saturated carbocycles. The standard InChI is InChI=1S/C28H23NO4/c29-26(19-14-13-17-7-1-2-8-18(17)15-19)25(27(30)31)28(32)33-16-24-22-11-5-3-9-20(22)21-10-4-6-12-23(21)24/h1-15,24-26H,16,29H2,(H,30,31)/t25-,26?/m1/s1. The molecule has 4 aromatic carbocycles. The van der Waals surface area contributed by atoms with E-state index >= 15 is 0 Å². The maximum absolute atomic E-state index is 13.0. The average molecular weight is 437 g/mol. The van der Waals surface area contributed by atoms with E-state index in [-0.39, 0.29) is 12.5 Å². The molecule has 5 rings (SSSR count). The summed E-state index contributed by atoms with van der Waals surface area (Å²) in [7, 11) is 0. The predicted molar refractivity (Wildman–Crippen MR) is 127 cm³/mol. The fourth-order valence-electron chi connectivity index (χ4n) is 4.70. The molecule has 1 aliphatic rings. The molecule has 5 nitrogen and oxygen atoms in total. The van der Waals surface area contributed by atoms with Crippen LogP contribution >= 0.6 is 0 Å². The predicted octanol–water partition coefficient (Wildman–Crippen LogP) is 4.90. The highest BCUT2D eigenvalue weighted by Gasteiger charge is 2.37. The molecule has 0 aliphatic heterocycles. The maximum Gasteiger partial charge on any atom is 0.322 e. The second-order valence-corrected chi connectivity index (χ2v) is 8.31. The summed E-state index contributed by atoms with van der Waals surface area (Å²) in [5, 5.41) is 11.8. The van der Waals surface area contributed by atoms with Crippen molar-refractivity contribution in [1.82, 2.24) is 0 Å². The van der Waals surface area contributed by atoms with E-state index in [1.165, 1.54) is 0 Å². The molecule has 164 valence electrons. The first-order valence-electron chi connectivity index (χ1n) is 10.9. The number of nitrogens with two attached hydrogens (primary N) is 1. The van der Waals surface area contributed by atoms with Crippen molar-refractivity contribution in [2.75, 3.05) is 6.61 Å². The molecule has 0 bridgehead atoms. The first-order chi connectivity index (χ1) is 16.0. The van der Waals surface area contributed by atoms with Crippen LogP contribution in [0.1, 0.15) is 28.7 Å². The lowest BCUT2D eigenvalue weighted by Crippen LogP contribution is -2.36. The molecular formula is C28H23NO4. The Morgan fingerprint density at radius 3 is 2.03 bits per heavy atom. The molecule has 0 spiro atoms. The highest BCUT2D eigenvalue weighted by atomic mass is 16.5. The van der Waals surface area contributed by atoms with Crippen molar-refractivity contribution in [3.63, 3.8) is 0 Å². The number of fused-ring (bicyclic) bond motifs is 4. The third-order valence-electron chi connectivity index (χ3n) is 6.39. The van der Waals surface area contributed by atoms with Gasteiger partial charge in [0, 0.05) is 5.92 Å². The van der Waals surface area contributed by atoms with Crippen LogP contribution in [0, 0.1) is 5.92 Å². The van der Waals surface area contributed by atoms with Gasteiger partial charge in [0.05, 0.1) is 6.04 Å². The SMILES string of the molecule is NC(c1ccc2ccccc2c1)[C@H](C(=O)O)C(=O)OCC1c2ccccc2-c2ccccc21. The summed E-state index contributed by atoms with van der Waals surface area (Å²) in [4.78, 5) is 25.0. The lowest BCUT2D eigenvalue weighted by Gasteiger charge is -2.21. The van der Waals surface area contributed by atoms with E-state index in [4.69, 9.17) is 10.5 Å².